The number of benzene rings is 2. The third kappa shape index (κ3) is 5.05. The molecule has 0 aliphatic carbocycles. The van der Waals surface area contributed by atoms with Crippen LogP contribution < -0.4 is 0 Å². The van der Waals surface area contributed by atoms with E-state index in [-0.39, 0.29) is 23.1 Å². The van der Waals surface area contributed by atoms with Gasteiger partial charge in [-0.3, -0.25) is 9.69 Å². The molecule has 1 fully saturated rings. The van der Waals surface area contributed by atoms with Gasteiger partial charge in [0.1, 0.15) is 0 Å². The standard InChI is InChI=1S/C29H24F3N5OS/c30-29(31,32)25-18-22(24-12-7-17-39-24)33-26-19-23(34-37(25)26)28(38)36-15-13-35(14-16-36)27(20-8-3-1-4-9-20)21-10-5-2-6-11-21/h1-12,17-19,27H,13-16H2. The molecule has 5 aromatic rings. The average Bonchev–Trinajstić information content (AvgIpc) is 3.64. The molecule has 0 saturated carbocycles. The molecule has 0 radical (unpaired) electrons. The van der Waals surface area contributed by atoms with E-state index in [0.717, 1.165) is 21.7 Å². The van der Waals surface area contributed by atoms with Gasteiger partial charge >= 0.3 is 6.18 Å². The molecule has 6 nitrogen and oxygen atoms in total. The van der Waals surface area contributed by atoms with E-state index in [2.05, 4.69) is 39.2 Å². The van der Waals surface area contributed by atoms with Gasteiger partial charge in [0, 0.05) is 32.2 Å². The van der Waals surface area contributed by atoms with Gasteiger partial charge in [0.25, 0.3) is 5.91 Å². The molecule has 39 heavy (non-hydrogen) atoms. The third-order valence-electron chi connectivity index (χ3n) is 6.91. The first-order chi connectivity index (χ1) is 18.9. The van der Waals surface area contributed by atoms with Gasteiger partial charge in [0.15, 0.2) is 17.0 Å². The Morgan fingerprint density at radius 2 is 1.49 bits per heavy atom. The normalized spacial score (nSPS) is 14.8. The van der Waals surface area contributed by atoms with Crippen LogP contribution in [-0.2, 0) is 6.18 Å². The lowest BCUT2D eigenvalue weighted by Gasteiger charge is -2.39. The number of fused-ring (bicyclic) bond motifs is 1. The maximum atomic E-state index is 13.9. The Hall–Kier alpha value is -4.02. The quantitative estimate of drug-likeness (QED) is 0.270. The molecule has 0 bridgehead atoms. The van der Waals surface area contributed by atoms with Gasteiger partial charge in [-0.15, -0.1) is 11.3 Å². The molecule has 0 N–H and O–H groups in total. The summed E-state index contributed by atoms with van der Waals surface area (Å²) in [4.78, 5) is 22.3. The van der Waals surface area contributed by atoms with Crippen molar-refractivity contribution in [1.29, 1.82) is 0 Å². The highest BCUT2D eigenvalue weighted by Crippen LogP contribution is 2.34. The summed E-state index contributed by atoms with van der Waals surface area (Å²) in [6, 6.07) is 26.3. The van der Waals surface area contributed by atoms with E-state index >= 15 is 0 Å². The van der Waals surface area contributed by atoms with E-state index in [1.54, 1.807) is 22.4 Å². The van der Waals surface area contributed by atoms with Crippen LogP contribution in [0.5, 0.6) is 0 Å². The summed E-state index contributed by atoms with van der Waals surface area (Å²) in [6.45, 7) is 2.09. The Kier molecular flexibility index (Phi) is 6.66. The summed E-state index contributed by atoms with van der Waals surface area (Å²) >= 11 is 1.30. The fourth-order valence-corrected chi connectivity index (χ4v) is 5.75. The molecule has 0 spiro atoms. The van der Waals surface area contributed by atoms with Gasteiger partial charge in [0.2, 0.25) is 0 Å². The molecule has 1 saturated heterocycles. The molecule has 1 amide bonds. The van der Waals surface area contributed by atoms with E-state index in [1.807, 2.05) is 36.4 Å². The molecule has 0 unspecified atom stereocenters. The number of halogens is 3. The monoisotopic (exact) mass is 547 g/mol. The summed E-state index contributed by atoms with van der Waals surface area (Å²) in [5, 5.41) is 5.84. The van der Waals surface area contributed by atoms with Crippen molar-refractivity contribution in [2.24, 2.45) is 0 Å². The molecule has 10 heteroatoms. The molecule has 2 aromatic carbocycles. The van der Waals surface area contributed by atoms with Crippen LogP contribution in [-0.4, -0.2) is 56.5 Å². The van der Waals surface area contributed by atoms with Gasteiger partial charge in [-0.1, -0.05) is 66.7 Å². The summed E-state index contributed by atoms with van der Waals surface area (Å²) in [5.41, 5.74) is 1.50. The third-order valence-corrected chi connectivity index (χ3v) is 7.80. The largest absolute Gasteiger partial charge is 0.433 e. The maximum Gasteiger partial charge on any atom is 0.433 e. The van der Waals surface area contributed by atoms with Crippen LogP contribution in [0.4, 0.5) is 13.2 Å². The van der Waals surface area contributed by atoms with Crippen molar-refractivity contribution in [3.05, 3.63) is 113 Å². The highest BCUT2D eigenvalue weighted by Gasteiger charge is 2.36. The molecule has 0 atom stereocenters. The second-order valence-corrected chi connectivity index (χ2v) is 10.3. The van der Waals surface area contributed by atoms with Gasteiger partial charge in [-0.2, -0.15) is 18.3 Å². The van der Waals surface area contributed by atoms with Crippen LogP contribution in [0.3, 0.4) is 0 Å². The predicted octanol–water partition coefficient (Wildman–Crippen LogP) is 6.02. The Labute approximate surface area is 226 Å². The number of hydrogen-bond acceptors (Lipinski definition) is 5. The highest BCUT2D eigenvalue weighted by molar-refractivity contribution is 7.13. The number of carbonyl (C=O) groups is 1. The lowest BCUT2D eigenvalue weighted by Crippen LogP contribution is -2.50. The zero-order chi connectivity index (χ0) is 27.0. The molecule has 1 aliphatic heterocycles. The minimum atomic E-state index is -4.66. The zero-order valence-electron chi connectivity index (χ0n) is 20.8. The number of nitrogens with zero attached hydrogens (tertiary/aromatic N) is 5. The first-order valence-corrected chi connectivity index (χ1v) is 13.4. The molecular weight excluding hydrogens is 523 g/mol. The number of alkyl halides is 3. The molecule has 6 rings (SSSR count). The zero-order valence-corrected chi connectivity index (χ0v) is 21.6. The van der Waals surface area contributed by atoms with Crippen LogP contribution >= 0.6 is 11.3 Å². The average molecular weight is 548 g/mol. The number of carbonyl (C=O) groups excluding carboxylic acids is 1. The molecular formula is C29H24F3N5OS. The van der Waals surface area contributed by atoms with Crippen molar-refractivity contribution in [3.63, 3.8) is 0 Å². The van der Waals surface area contributed by atoms with E-state index in [9.17, 15) is 18.0 Å². The number of aromatic nitrogens is 3. The number of hydrogen-bond donors (Lipinski definition) is 0. The van der Waals surface area contributed by atoms with Crippen molar-refractivity contribution in [2.45, 2.75) is 12.2 Å². The van der Waals surface area contributed by atoms with Crippen molar-refractivity contribution >= 4 is 22.9 Å². The Morgan fingerprint density at radius 3 is 2.05 bits per heavy atom. The van der Waals surface area contributed by atoms with Crippen molar-refractivity contribution < 1.29 is 18.0 Å². The first-order valence-electron chi connectivity index (χ1n) is 12.5. The maximum absolute atomic E-state index is 13.9. The summed E-state index contributed by atoms with van der Waals surface area (Å²) in [7, 11) is 0. The van der Waals surface area contributed by atoms with E-state index in [1.165, 1.54) is 17.4 Å². The predicted molar refractivity (Wildman–Crippen MR) is 144 cm³/mol. The Bertz CT molecular complexity index is 1540. The van der Waals surface area contributed by atoms with Gasteiger partial charge in [0.05, 0.1) is 16.6 Å². The van der Waals surface area contributed by atoms with Gasteiger partial charge < -0.3 is 4.90 Å². The van der Waals surface area contributed by atoms with Crippen LogP contribution in [0, 0.1) is 0 Å². The smallest absolute Gasteiger partial charge is 0.335 e. The van der Waals surface area contributed by atoms with Gasteiger partial charge in [-0.25, -0.2) is 9.50 Å². The van der Waals surface area contributed by atoms with Crippen molar-refractivity contribution in [2.75, 3.05) is 26.2 Å². The fourth-order valence-electron chi connectivity index (χ4n) is 5.06. The number of piperazine rings is 1. The van der Waals surface area contributed by atoms with Crippen LogP contribution in [0.2, 0.25) is 0 Å². The van der Waals surface area contributed by atoms with Gasteiger partial charge in [-0.05, 0) is 28.6 Å². The van der Waals surface area contributed by atoms with E-state index in [4.69, 9.17) is 0 Å². The summed E-state index contributed by atoms with van der Waals surface area (Å²) in [6.07, 6.45) is -4.66. The lowest BCUT2D eigenvalue weighted by atomic mass is 9.96. The summed E-state index contributed by atoms with van der Waals surface area (Å²) in [5.74, 6) is -0.401. The minimum absolute atomic E-state index is 0.0107. The first kappa shape index (κ1) is 25.3. The molecule has 198 valence electrons. The number of rotatable bonds is 5. The summed E-state index contributed by atoms with van der Waals surface area (Å²) < 4.78 is 42.5. The van der Waals surface area contributed by atoms with Crippen LogP contribution in [0.25, 0.3) is 16.2 Å². The van der Waals surface area contributed by atoms with E-state index < -0.39 is 17.8 Å². The Morgan fingerprint density at radius 1 is 0.846 bits per heavy atom. The lowest BCUT2D eigenvalue weighted by molar-refractivity contribution is -0.142. The fraction of sp³-hybridized carbons (Fsp3) is 0.207. The second kappa shape index (κ2) is 10.3. The second-order valence-electron chi connectivity index (χ2n) is 9.35. The topological polar surface area (TPSA) is 53.7 Å². The molecule has 1 aliphatic rings. The Balaban J connectivity index is 1.25. The van der Waals surface area contributed by atoms with Crippen molar-refractivity contribution in [3.8, 4) is 10.6 Å². The number of amides is 1. The van der Waals surface area contributed by atoms with E-state index in [0.29, 0.717) is 31.1 Å². The highest BCUT2D eigenvalue weighted by atomic mass is 32.1. The minimum Gasteiger partial charge on any atom is -0.335 e. The van der Waals surface area contributed by atoms with Crippen LogP contribution in [0.1, 0.15) is 33.4 Å². The number of thiophene rings is 1. The SMILES string of the molecule is O=C(c1cc2nc(-c3cccs3)cc(C(F)(F)F)n2n1)N1CCN(C(c2ccccc2)c2ccccc2)CC1. The molecule has 3 aromatic heterocycles. The molecule has 4 heterocycles. The van der Waals surface area contributed by atoms with Crippen LogP contribution in [0.15, 0.2) is 90.3 Å². The van der Waals surface area contributed by atoms with Crippen molar-refractivity contribution in [1.82, 2.24) is 24.4 Å².